The molecule has 17 heavy (non-hydrogen) atoms. The van der Waals surface area contributed by atoms with Gasteiger partial charge in [0.25, 0.3) is 0 Å². The number of nitrogens with zero attached hydrogens (tertiary/aromatic N) is 2. The van der Waals surface area contributed by atoms with E-state index in [1.54, 1.807) is 0 Å². The molecule has 1 aliphatic heterocycles. The third-order valence-electron chi connectivity index (χ3n) is 2.73. The summed E-state index contributed by atoms with van der Waals surface area (Å²) in [6.45, 7) is 5.83. The first-order valence-corrected chi connectivity index (χ1v) is 6.14. The van der Waals surface area contributed by atoms with E-state index < -0.39 is 0 Å². The van der Waals surface area contributed by atoms with Crippen LogP contribution < -0.4 is 10.6 Å². The molecule has 0 spiro atoms. The number of morpholine rings is 1. The second-order valence-electron chi connectivity index (χ2n) is 4.41. The molecular weight excluding hydrogens is 234 g/mol. The maximum Gasteiger partial charge on any atom is 0.129 e. The zero-order valence-electron chi connectivity index (χ0n) is 10.1. The van der Waals surface area contributed by atoms with E-state index in [0.717, 1.165) is 18.9 Å². The highest BCUT2D eigenvalue weighted by atomic mass is 32.1. The maximum absolute atomic E-state index is 5.70. The minimum absolute atomic E-state index is 0.217. The Hall–Kier alpha value is -1.20. The summed E-state index contributed by atoms with van der Waals surface area (Å²) >= 11 is 4.94. The average Bonchev–Trinajstić information content (AvgIpc) is 2.28. The van der Waals surface area contributed by atoms with Crippen molar-refractivity contribution in [3.8, 4) is 0 Å². The third kappa shape index (κ3) is 2.92. The average molecular weight is 251 g/mol. The lowest BCUT2D eigenvalue weighted by Crippen LogP contribution is -2.46. The Morgan fingerprint density at radius 1 is 1.41 bits per heavy atom. The molecule has 1 saturated heterocycles. The zero-order valence-corrected chi connectivity index (χ0v) is 10.9. The number of ether oxygens (including phenoxy) is 1. The van der Waals surface area contributed by atoms with E-state index in [1.165, 1.54) is 0 Å². The van der Waals surface area contributed by atoms with Crippen molar-refractivity contribution >= 4 is 23.0 Å². The van der Waals surface area contributed by atoms with Gasteiger partial charge in [-0.3, -0.25) is 0 Å². The van der Waals surface area contributed by atoms with Gasteiger partial charge >= 0.3 is 0 Å². The van der Waals surface area contributed by atoms with Crippen LogP contribution in [0.15, 0.2) is 18.2 Å². The van der Waals surface area contributed by atoms with Crippen LogP contribution in [0.4, 0.5) is 5.82 Å². The van der Waals surface area contributed by atoms with Crippen LogP contribution >= 0.6 is 12.2 Å². The normalized spacial score (nSPS) is 24.7. The third-order valence-corrected chi connectivity index (χ3v) is 2.94. The van der Waals surface area contributed by atoms with Crippen LogP contribution in [-0.2, 0) is 4.74 Å². The Morgan fingerprint density at radius 3 is 2.65 bits per heavy atom. The van der Waals surface area contributed by atoms with E-state index in [2.05, 4.69) is 23.7 Å². The van der Waals surface area contributed by atoms with Gasteiger partial charge in [-0.05, 0) is 26.0 Å². The summed E-state index contributed by atoms with van der Waals surface area (Å²) in [5.74, 6) is 0.914. The molecule has 1 fully saturated rings. The highest BCUT2D eigenvalue weighted by Crippen LogP contribution is 2.18. The number of pyridine rings is 1. The lowest BCUT2D eigenvalue weighted by Gasteiger charge is -2.36. The molecule has 2 unspecified atom stereocenters. The van der Waals surface area contributed by atoms with Crippen molar-refractivity contribution in [2.75, 3.05) is 18.0 Å². The molecule has 1 aromatic rings. The summed E-state index contributed by atoms with van der Waals surface area (Å²) in [6, 6.07) is 5.74. The highest BCUT2D eigenvalue weighted by Gasteiger charge is 2.23. The van der Waals surface area contributed by atoms with E-state index >= 15 is 0 Å². The molecule has 5 heteroatoms. The number of hydrogen-bond donors (Lipinski definition) is 1. The first-order chi connectivity index (χ1) is 8.06. The Kier molecular flexibility index (Phi) is 3.59. The van der Waals surface area contributed by atoms with Gasteiger partial charge in [0.15, 0.2) is 0 Å². The standard InChI is InChI=1S/C12H17N3OS/c1-8-6-15(7-9(2)16-8)11-5-3-4-10(14-11)12(13)17/h3-5,8-9H,6-7H2,1-2H3,(H2,13,17). The van der Waals surface area contributed by atoms with Crippen molar-refractivity contribution in [2.45, 2.75) is 26.1 Å². The number of anilines is 1. The van der Waals surface area contributed by atoms with E-state index in [1.807, 2.05) is 18.2 Å². The Labute approximate surface area is 107 Å². The summed E-state index contributed by atoms with van der Waals surface area (Å²) in [4.78, 5) is 7.01. The van der Waals surface area contributed by atoms with Gasteiger partial charge in [0.05, 0.1) is 17.9 Å². The van der Waals surface area contributed by atoms with Gasteiger partial charge in [0.1, 0.15) is 10.8 Å². The molecule has 0 bridgehead atoms. The maximum atomic E-state index is 5.70. The van der Waals surface area contributed by atoms with Gasteiger partial charge in [0.2, 0.25) is 0 Å². The van der Waals surface area contributed by atoms with Crippen LogP contribution in [0.25, 0.3) is 0 Å². The quantitative estimate of drug-likeness (QED) is 0.804. The van der Waals surface area contributed by atoms with Gasteiger partial charge in [-0.15, -0.1) is 0 Å². The summed E-state index contributed by atoms with van der Waals surface area (Å²) in [5, 5.41) is 0. The lowest BCUT2D eigenvalue weighted by atomic mass is 10.2. The zero-order chi connectivity index (χ0) is 12.4. The van der Waals surface area contributed by atoms with E-state index in [0.29, 0.717) is 10.7 Å². The molecule has 2 atom stereocenters. The molecule has 2 rings (SSSR count). The Morgan fingerprint density at radius 2 is 2.06 bits per heavy atom. The molecule has 0 amide bonds. The number of nitrogens with two attached hydrogens (primary N) is 1. The first kappa shape index (κ1) is 12.3. The van der Waals surface area contributed by atoms with Gasteiger partial charge in [-0.1, -0.05) is 18.3 Å². The fraction of sp³-hybridized carbons (Fsp3) is 0.500. The molecule has 0 radical (unpaired) electrons. The van der Waals surface area contributed by atoms with Gasteiger partial charge in [-0.2, -0.15) is 0 Å². The summed E-state index contributed by atoms with van der Waals surface area (Å²) in [5.41, 5.74) is 6.26. The SMILES string of the molecule is CC1CN(c2cccc(C(N)=S)n2)CC(C)O1. The smallest absolute Gasteiger partial charge is 0.129 e. The molecule has 0 aromatic carbocycles. The summed E-state index contributed by atoms with van der Waals surface area (Å²) < 4.78 is 5.70. The predicted molar refractivity (Wildman–Crippen MR) is 72.3 cm³/mol. The van der Waals surface area contributed by atoms with E-state index in [4.69, 9.17) is 22.7 Å². The molecule has 4 nitrogen and oxygen atoms in total. The van der Waals surface area contributed by atoms with Crippen LogP contribution in [0.2, 0.25) is 0 Å². The molecule has 1 aliphatic rings. The van der Waals surface area contributed by atoms with Crippen LogP contribution in [0, 0.1) is 0 Å². The van der Waals surface area contributed by atoms with Crippen molar-refractivity contribution in [3.63, 3.8) is 0 Å². The molecule has 2 N–H and O–H groups in total. The van der Waals surface area contributed by atoms with Crippen molar-refractivity contribution in [3.05, 3.63) is 23.9 Å². The lowest BCUT2D eigenvalue weighted by molar-refractivity contribution is -0.00545. The fourth-order valence-corrected chi connectivity index (χ4v) is 2.22. The molecule has 92 valence electrons. The van der Waals surface area contributed by atoms with Gasteiger partial charge < -0.3 is 15.4 Å². The Bertz CT molecular complexity index is 414. The second-order valence-corrected chi connectivity index (χ2v) is 4.85. The van der Waals surface area contributed by atoms with Crippen molar-refractivity contribution < 1.29 is 4.74 Å². The molecule has 2 heterocycles. The monoisotopic (exact) mass is 251 g/mol. The topological polar surface area (TPSA) is 51.4 Å². The highest BCUT2D eigenvalue weighted by molar-refractivity contribution is 7.80. The largest absolute Gasteiger partial charge is 0.388 e. The number of hydrogen-bond acceptors (Lipinski definition) is 4. The van der Waals surface area contributed by atoms with Crippen molar-refractivity contribution in [1.29, 1.82) is 0 Å². The van der Waals surface area contributed by atoms with Crippen molar-refractivity contribution in [2.24, 2.45) is 5.73 Å². The molecule has 1 aromatic heterocycles. The number of rotatable bonds is 2. The van der Waals surface area contributed by atoms with E-state index in [-0.39, 0.29) is 12.2 Å². The van der Waals surface area contributed by atoms with Crippen LogP contribution in [0.1, 0.15) is 19.5 Å². The first-order valence-electron chi connectivity index (χ1n) is 5.73. The molecule has 0 aliphatic carbocycles. The predicted octanol–water partition coefficient (Wildman–Crippen LogP) is 1.33. The van der Waals surface area contributed by atoms with Crippen LogP contribution in [0.5, 0.6) is 0 Å². The molecular formula is C12H17N3OS. The van der Waals surface area contributed by atoms with Gasteiger partial charge in [-0.25, -0.2) is 4.98 Å². The number of thiocarbonyl (C=S) groups is 1. The van der Waals surface area contributed by atoms with Gasteiger partial charge in [0, 0.05) is 13.1 Å². The number of aromatic nitrogens is 1. The minimum Gasteiger partial charge on any atom is -0.388 e. The minimum atomic E-state index is 0.217. The van der Waals surface area contributed by atoms with Crippen molar-refractivity contribution in [1.82, 2.24) is 4.98 Å². The second kappa shape index (κ2) is 4.98. The van der Waals surface area contributed by atoms with E-state index in [9.17, 15) is 0 Å². The molecule has 0 saturated carbocycles. The summed E-state index contributed by atoms with van der Waals surface area (Å²) in [7, 11) is 0. The van der Waals surface area contributed by atoms with Crippen LogP contribution in [0.3, 0.4) is 0 Å². The van der Waals surface area contributed by atoms with Crippen LogP contribution in [-0.4, -0.2) is 35.3 Å². The Balaban J connectivity index is 2.21. The summed E-state index contributed by atoms with van der Waals surface area (Å²) in [6.07, 6.45) is 0.433. The fourth-order valence-electron chi connectivity index (χ4n) is 2.10.